The van der Waals surface area contributed by atoms with Crippen LogP contribution >= 0.6 is 0 Å². The summed E-state index contributed by atoms with van der Waals surface area (Å²) >= 11 is 0. The van der Waals surface area contributed by atoms with Crippen LogP contribution in [0.5, 0.6) is 0 Å². The molecule has 7 heteroatoms. The number of nitrogens with one attached hydrogen (secondary N) is 2. The van der Waals surface area contributed by atoms with E-state index in [0.717, 1.165) is 11.9 Å². The van der Waals surface area contributed by atoms with Gasteiger partial charge in [0.25, 0.3) is 0 Å². The van der Waals surface area contributed by atoms with Crippen LogP contribution in [0.15, 0.2) is 42.7 Å². The molecular formula is C12H14N4O2S. The van der Waals surface area contributed by atoms with Gasteiger partial charge < -0.3 is 5.32 Å². The van der Waals surface area contributed by atoms with Crippen molar-refractivity contribution in [3.63, 3.8) is 0 Å². The van der Waals surface area contributed by atoms with Gasteiger partial charge >= 0.3 is 0 Å². The normalized spacial score (nSPS) is 11.0. The lowest BCUT2D eigenvalue weighted by Crippen LogP contribution is -2.10. The molecule has 0 aliphatic carbocycles. The summed E-state index contributed by atoms with van der Waals surface area (Å²) in [5.74, 6) is 0.657. The van der Waals surface area contributed by atoms with Crippen molar-refractivity contribution in [3.05, 3.63) is 48.4 Å². The number of hydrogen-bond donors (Lipinski definition) is 2. The fourth-order valence-corrected chi connectivity index (χ4v) is 2.01. The Morgan fingerprint density at radius 3 is 2.58 bits per heavy atom. The number of aromatic nitrogens is 2. The molecular weight excluding hydrogens is 264 g/mol. The molecule has 0 bridgehead atoms. The maximum absolute atomic E-state index is 11.0. The largest absolute Gasteiger partial charge is 0.364 e. The lowest BCUT2D eigenvalue weighted by Gasteiger charge is -2.07. The smallest absolute Gasteiger partial charge is 0.229 e. The SMILES string of the molecule is CS(=O)(=O)Nc1ccc(NCc2ccccn2)nc1. The molecule has 0 atom stereocenters. The number of anilines is 2. The number of sulfonamides is 1. The zero-order valence-electron chi connectivity index (χ0n) is 10.4. The molecule has 0 aliphatic rings. The van der Waals surface area contributed by atoms with Gasteiger partial charge in [0, 0.05) is 6.20 Å². The number of hydrogen-bond acceptors (Lipinski definition) is 5. The first-order valence-corrected chi connectivity index (χ1v) is 7.50. The van der Waals surface area contributed by atoms with Crippen molar-refractivity contribution in [1.82, 2.24) is 9.97 Å². The van der Waals surface area contributed by atoms with Gasteiger partial charge in [-0.25, -0.2) is 13.4 Å². The second-order valence-electron chi connectivity index (χ2n) is 3.98. The average Bonchev–Trinajstić information content (AvgIpc) is 2.37. The summed E-state index contributed by atoms with van der Waals surface area (Å²) in [4.78, 5) is 8.29. The van der Waals surface area contributed by atoms with Crippen LogP contribution in [0.1, 0.15) is 5.69 Å². The molecule has 0 amide bonds. The van der Waals surface area contributed by atoms with Gasteiger partial charge in [0.05, 0.1) is 30.4 Å². The van der Waals surface area contributed by atoms with E-state index in [1.165, 1.54) is 6.20 Å². The van der Waals surface area contributed by atoms with E-state index in [-0.39, 0.29) is 0 Å². The average molecular weight is 278 g/mol. The van der Waals surface area contributed by atoms with Gasteiger partial charge in [-0.05, 0) is 24.3 Å². The fourth-order valence-electron chi connectivity index (χ4n) is 1.46. The van der Waals surface area contributed by atoms with Crippen molar-refractivity contribution in [2.45, 2.75) is 6.54 Å². The Hall–Kier alpha value is -2.15. The van der Waals surface area contributed by atoms with Gasteiger partial charge in [0.15, 0.2) is 0 Å². The number of rotatable bonds is 5. The van der Waals surface area contributed by atoms with E-state index < -0.39 is 10.0 Å². The van der Waals surface area contributed by atoms with E-state index in [2.05, 4.69) is 20.0 Å². The molecule has 6 nitrogen and oxygen atoms in total. The maximum atomic E-state index is 11.0. The van der Waals surface area contributed by atoms with Crippen molar-refractivity contribution >= 4 is 21.5 Å². The minimum absolute atomic E-state index is 0.436. The van der Waals surface area contributed by atoms with Gasteiger partial charge in [-0.2, -0.15) is 0 Å². The van der Waals surface area contributed by atoms with Crippen molar-refractivity contribution < 1.29 is 8.42 Å². The number of nitrogens with zero attached hydrogens (tertiary/aromatic N) is 2. The maximum Gasteiger partial charge on any atom is 0.229 e. The van der Waals surface area contributed by atoms with Gasteiger partial charge in [0.2, 0.25) is 10.0 Å². The molecule has 2 rings (SSSR count). The predicted molar refractivity (Wildman–Crippen MR) is 74.3 cm³/mol. The Kier molecular flexibility index (Phi) is 3.96. The van der Waals surface area contributed by atoms with Crippen LogP contribution in [-0.4, -0.2) is 24.6 Å². The van der Waals surface area contributed by atoms with Gasteiger partial charge in [-0.3, -0.25) is 9.71 Å². The van der Waals surface area contributed by atoms with Gasteiger partial charge in [0.1, 0.15) is 5.82 Å². The van der Waals surface area contributed by atoms with E-state index in [1.807, 2.05) is 18.2 Å². The van der Waals surface area contributed by atoms with Crippen LogP contribution in [0.25, 0.3) is 0 Å². The quantitative estimate of drug-likeness (QED) is 0.865. The Morgan fingerprint density at radius 1 is 1.16 bits per heavy atom. The van der Waals surface area contributed by atoms with E-state index in [1.54, 1.807) is 18.3 Å². The van der Waals surface area contributed by atoms with Crippen LogP contribution in [0, 0.1) is 0 Å². The van der Waals surface area contributed by atoms with Crippen LogP contribution in [-0.2, 0) is 16.6 Å². The topological polar surface area (TPSA) is 84.0 Å². The summed E-state index contributed by atoms with van der Waals surface area (Å²) in [6, 6.07) is 9.03. The Balaban J connectivity index is 1.96. The molecule has 0 saturated heterocycles. The molecule has 0 aromatic carbocycles. The molecule has 0 fully saturated rings. The summed E-state index contributed by atoms with van der Waals surface area (Å²) in [5.41, 5.74) is 1.34. The van der Waals surface area contributed by atoms with Crippen molar-refractivity contribution in [2.24, 2.45) is 0 Å². The first kappa shape index (κ1) is 13.3. The molecule has 0 aliphatic heterocycles. The van der Waals surface area contributed by atoms with Crippen molar-refractivity contribution in [3.8, 4) is 0 Å². The molecule has 0 radical (unpaired) electrons. The zero-order chi connectivity index (χ0) is 13.7. The fraction of sp³-hybridized carbons (Fsp3) is 0.167. The predicted octanol–water partition coefficient (Wildman–Crippen LogP) is 1.46. The highest BCUT2D eigenvalue weighted by molar-refractivity contribution is 7.92. The lowest BCUT2D eigenvalue weighted by atomic mass is 10.3. The minimum Gasteiger partial charge on any atom is -0.364 e. The summed E-state index contributed by atoms with van der Waals surface area (Å²) in [6.07, 6.45) is 4.28. The number of pyridine rings is 2. The van der Waals surface area contributed by atoms with E-state index in [0.29, 0.717) is 18.1 Å². The highest BCUT2D eigenvalue weighted by atomic mass is 32.2. The molecule has 2 aromatic heterocycles. The highest BCUT2D eigenvalue weighted by Gasteiger charge is 2.02. The minimum atomic E-state index is -3.27. The zero-order valence-corrected chi connectivity index (χ0v) is 11.2. The second kappa shape index (κ2) is 5.66. The Morgan fingerprint density at radius 2 is 2.00 bits per heavy atom. The second-order valence-corrected chi connectivity index (χ2v) is 5.73. The molecule has 19 heavy (non-hydrogen) atoms. The van der Waals surface area contributed by atoms with E-state index in [4.69, 9.17) is 0 Å². The van der Waals surface area contributed by atoms with E-state index >= 15 is 0 Å². The summed E-state index contributed by atoms with van der Waals surface area (Å²) in [6.45, 7) is 0.562. The van der Waals surface area contributed by atoms with Crippen LogP contribution in [0.2, 0.25) is 0 Å². The third-order valence-electron chi connectivity index (χ3n) is 2.24. The summed E-state index contributed by atoms with van der Waals surface area (Å²) in [5, 5.41) is 3.10. The van der Waals surface area contributed by atoms with Crippen LogP contribution in [0.4, 0.5) is 11.5 Å². The monoisotopic (exact) mass is 278 g/mol. The first-order chi connectivity index (χ1) is 9.03. The van der Waals surface area contributed by atoms with Crippen molar-refractivity contribution in [1.29, 1.82) is 0 Å². The Bertz CT molecular complexity index is 627. The first-order valence-electron chi connectivity index (χ1n) is 5.60. The van der Waals surface area contributed by atoms with Gasteiger partial charge in [-0.1, -0.05) is 6.07 Å². The molecule has 2 N–H and O–H groups in total. The Labute approximate surface area is 112 Å². The lowest BCUT2D eigenvalue weighted by molar-refractivity contribution is 0.607. The molecule has 0 unspecified atom stereocenters. The summed E-state index contributed by atoms with van der Waals surface area (Å²) < 4.78 is 24.4. The molecule has 100 valence electrons. The molecule has 0 spiro atoms. The molecule has 0 saturated carbocycles. The highest BCUT2D eigenvalue weighted by Crippen LogP contribution is 2.11. The molecule has 2 heterocycles. The van der Waals surface area contributed by atoms with Crippen LogP contribution in [0.3, 0.4) is 0 Å². The van der Waals surface area contributed by atoms with Crippen molar-refractivity contribution in [2.75, 3.05) is 16.3 Å². The summed E-state index contributed by atoms with van der Waals surface area (Å²) in [7, 11) is -3.27. The van der Waals surface area contributed by atoms with E-state index in [9.17, 15) is 8.42 Å². The standard InChI is InChI=1S/C12H14N4O2S/c1-19(17,18)16-11-5-6-12(15-9-11)14-8-10-4-2-3-7-13-10/h2-7,9,16H,8H2,1H3,(H,14,15). The van der Waals surface area contributed by atoms with Gasteiger partial charge in [-0.15, -0.1) is 0 Å². The third-order valence-corrected chi connectivity index (χ3v) is 2.85. The van der Waals surface area contributed by atoms with Crippen LogP contribution < -0.4 is 10.0 Å². The third kappa shape index (κ3) is 4.55. The molecule has 2 aromatic rings.